The number of thiocarbonyl (C=S) groups is 1. The molecule has 4 N–H and O–H groups in total. The fourth-order valence-electron chi connectivity index (χ4n) is 11.3. The topological polar surface area (TPSA) is 150 Å². The van der Waals surface area contributed by atoms with Gasteiger partial charge in [0.05, 0.1) is 11.6 Å². The molecule has 88 heavy (non-hydrogen) atoms. The third kappa shape index (κ3) is 13.6. The Balaban J connectivity index is 0.661. The Morgan fingerprint density at radius 1 is 0.636 bits per heavy atom. The van der Waals surface area contributed by atoms with Gasteiger partial charge in [0.15, 0.2) is 5.11 Å². The third-order valence-electron chi connectivity index (χ3n) is 15.8. The van der Waals surface area contributed by atoms with E-state index in [0.29, 0.717) is 58.3 Å². The maximum absolute atomic E-state index is 14.6. The number of aromatic carboxylic acids is 1. The lowest BCUT2D eigenvalue weighted by atomic mass is 9.90. The van der Waals surface area contributed by atoms with E-state index in [0.717, 1.165) is 117 Å². The van der Waals surface area contributed by atoms with E-state index in [9.17, 15) is 24.3 Å². The standard InChI is InChI=1S/C69H63N7O6S6/c1-5-73(6-2)45-18-27-54-59(38-45)82-60-39-46(74(7-3)8-4)19-28-55(60)65(54)51-11-9-10-12-52(51)67(79)76-35-33-75(34-36-76)64(78)32-31-63(77)70-42-13-22-49(23-14-42)87-88-50-24-15-43(16-25-50)71-69(85)72-44-17-26-53(68(80)81)58(37-44)66-56-29-20-47(83)40-61(56)86-62-41-48(84)21-30-57(62)66/h9-30,37-41H,5-8,31-36H2,1-4H3,(H4-,70,71,72,77,80,81,83,84,85)/p+1. The van der Waals surface area contributed by atoms with Gasteiger partial charge in [0.25, 0.3) is 5.91 Å². The van der Waals surface area contributed by atoms with E-state index in [1.54, 1.807) is 50.0 Å². The van der Waals surface area contributed by atoms with Crippen molar-refractivity contribution in [2.75, 3.05) is 73.2 Å². The van der Waals surface area contributed by atoms with Crippen LogP contribution in [-0.4, -0.2) is 96.1 Å². The minimum absolute atomic E-state index is 0.0288. The number of hydrogen-bond acceptors (Lipinski definition) is 12. The van der Waals surface area contributed by atoms with E-state index in [-0.39, 0.29) is 36.1 Å². The number of hydrogen-bond donors (Lipinski definition) is 5. The fraction of sp³-hybridized carbons (Fsp3) is 0.203. The maximum Gasteiger partial charge on any atom is 0.336 e. The van der Waals surface area contributed by atoms with Crippen LogP contribution >= 0.6 is 70.0 Å². The smallest absolute Gasteiger partial charge is 0.336 e. The van der Waals surface area contributed by atoms with Crippen molar-refractivity contribution >= 4 is 143 Å². The van der Waals surface area contributed by atoms with Gasteiger partial charge < -0.3 is 40.2 Å². The zero-order chi connectivity index (χ0) is 61.6. The second-order valence-corrected chi connectivity index (χ2v) is 25.9. The predicted octanol–water partition coefficient (Wildman–Crippen LogP) is 15.9. The van der Waals surface area contributed by atoms with Crippen LogP contribution in [0.3, 0.4) is 0 Å². The second-order valence-electron chi connectivity index (χ2n) is 21.1. The lowest BCUT2D eigenvalue weighted by molar-refractivity contribution is -0.134. The number of amides is 3. The third-order valence-corrected chi connectivity index (χ3v) is 20.1. The summed E-state index contributed by atoms with van der Waals surface area (Å²) in [6.07, 6.45) is 0.0825. The number of carbonyl (C=O) groups excluding carboxylic acids is 3. The number of carboxylic acids is 1. The first-order valence-electron chi connectivity index (χ1n) is 29.2. The SMILES string of the molecule is CCN(CC)c1ccc2c(-c3ccccc3C(=O)N3CCN(C(=O)CCC(=O)Nc4ccc(SSc5ccc(NC(=S)Nc6ccc(C(=O)O)c(-c7c8ccc(=S)cc-8sc8cc(S)ccc78)c6)cc5)cc4)CC3)c3ccc(=[N+](CC)CC)cc-3oc2c1. The molecular formula is C69H64N7O6S6+. The largest absolute Gasteiger partial charge is 0.478 e. The number of fused-ring (bicyclic) bond motifs is 4. The summed E-state index contributed by atoms with van der Waals surface area (Å²) in [4.78, 5) is 63.5. The fourth-order valence-corrected chi connectivity index (χ4v) is 15.2. The van der Waals surface area contributed by atoms with Crippen molar-refractivity contribution in [1.82, 2.24) is 14.4 Å². The molecule has 3 amide bonds. The Labute approximate surface area is 539 Å². The Kier molecular flexibility index (Phi) is 19.3. The van der Waals surface area contributed by atoms with Crippen LogP contribution in [0.1, 0.15) is 61.3 Å². The van der Waals surface area contributed by atoms with Crippen LogP contribution in [0.5, 0.6) is 0 Å². The molecule has 0 bridgehead atoms. The van der Waals surface area contributed by atoms with Gasteiger partial charge in [-0.3, -0.25) is 14.4 Å². The number of piperazine rings is 1. The van der Waals surface area contributed by atoms with Crippen LogP contribution < -0.4 is 30.8 Å². The first-order valence-corrected chi connectivity index (χ1v) is 33.4. The minimum Gasteiger partial charge on any atom is -0.478 e. The number of rotatable bonds is 18. The molecule has 19 heteroatoms. The maximum atomic E-state index is 14.6. The first kappa shape index (κ1) is 61.6. The Bertz CT molecular complexity index is 4380. The summed E-state index contributed by atoms with van der Waals surface area (Å²) in [6, 6.07) is 52.6. The van der Waals surface area contributed by atoms with E-state index in [2.05, 4.69) is 102 Å². The number of carbonyl (C=O) groups is 4. The van der Waals surface area contributed by atoms with E-state index >= 15 is 0 Å². The molecule has 0 radical (unpaired) electrons. The van der Waals surface area contributed by atoms with E-state index in [1.807, 2.05) is 120 Å². The average molecular weight is 1280 g/mol. The summed E-state index contributed by atoms with van der Waals surface area (Å²) in [5.74, 6) is -0.773. The molecule has 13 nitrogen and oxygen atoms in total. The van der Waals surface area contributed by atoms with Crippen molar-refractivity contribution in [3.8, 4) is 44.0 Å². The summed E-state index contributed by atoms with van der Waals surface area (Å²) < 4.78 is 10.7. The molecule has 0 aromatic heterocycles. The van der Waals surface area contributed by atoms with Gasteiger partial charge in [-0.25, -0.2) is 9.37 Å². The molecule has 6 aromatic carbocycles. The van der Waals surface area contributed by atoms with Crippen molar-refractivity contribution in [2.45, 2.75) is 55.2 Å². The number of thiol groups is 1. The highest BCUT2D eigenvalue weighted by molar-refractivity contribution is 8.76. The quantitative estimate of drug-likeness (QED) is 0.0182. The van der Waals surface area contributed by atoms with Crippen molar-refractivity contribution in [3.63, 3.8) is 0 Å². The molecule has 5 aliphatic rings. The van der Waals surface area contributed by atoms with Gasteiger partial charge in [-0.15, -0.1) is 24.0 Å². The Morgan fingerprint density at radius 2 is 1.27 bits per heavy atom. The number of nitrogens with zero attached hydrogens (tertiary/aromatic N) is 4. The predicted molar refractivity (Wildman–Crippen MR) is 372 cm³/mol. The van der Waals surface area contributed by atoms with Crippen molar-refractivity contribution in [1.29, 1.82) is 0 Å². The van der Waals surface area contributed by atoms with Crippen molar-refractivity contribution in [3.05, 3.63) is 185 Å². The molecule has 3 heterocycles. The normalized spacial score (nSPS) is 12.4. The number of carboxylic acid groups (broad SMARTS) is 1. The number of anilines is 4. The molecular weight excluding hydrogens is 1220 g/mol. The van der Waals surface area contributed by atoms with Gasteiger partial charge in [0.2, 0.25) is 17.2 Å². The molecule has 2 aliphatic carbocycles. The summed E-state index contributed by atoms with van der Waals surface area (Å²) in [5.41, 5.74) is 9.52. The zero-order valence-corrected chi connectivity index (χ0v) is 53.9. The summed E-state index contributed by atoms with van der Waals surface area (Å²) in [7, 11) is 3.16. The minimum atomic E-state index is -1.04. The van der Waals surface area contributed by atoms with Crippen LogP contribution in [0.25, 0.3) is 65.1 Å². The van der Waals surface area contributed by atoms with Crippen LogP contribution in [0, 0.1) is 4.51 Å². The van der Waals surface area contributed by atoms with Gasteiger partial charge in [0, 0.05) is 149 Å². The highest BCUT2D eigenvalue weighted by Crippen LogP contribution is 2.47. The zero-order valence-electron chi connectivity index (χ0n) is 48.9. The molecule has 446 valence electrons. The van der Waals surface area contributed by atoms with Crippen LogP contribution in [0.15, 0.2) is 183 Å². The van der Waals surface area contributed by atoms with E-state index in [1.165, 1.54) is 0 Å². The van der Waals surface area contributed by atoms with E-state index < -0.39 is 5.97 Å². The first-order chi connectivity index (χ1) is 42.7. The van der Waals surface area contributed by atoms with Gasteiger partial charge in [-0.05, 0) is 172 Å². The Hall–Kier alpha value is -8.04. The monoisotopic (exact) mass is 1280 g/mol. The average Bonchev–Trinajstić information content (AvgIpc) is 1.75. The number of nitrogens with one attached hydrogen (secondary N) is 3. The lowest BCUT2D eigenvalue weighted by Gasteiger charge is -2.35. The molecule has 3 aliphatic heterocycles. The van der Waals surface area contributed by atoms with Crippen LogP contribution in [0.2, 0.25) is 0 Å². The van der Waals surface area contributed by atoms with Crippen molar-refractivity contribution in [2.24, 2.45) is 0 Å². The molecule has 0 unspecified atom stereocenters. The number of benzene rings is 8. The molecule has 0 atom stereocenters. The second kappa shape index (κ2) is 27.6. The Morgan fingerprint density at radius 3 is 1.97 bits per heavy atom. The van der Waals surface area contributed by atoms with Crippen molar-refractivity contribution < 1.29 is 28.7 Å². The molecule has 0 saturated carbocycles. The van der Waals surface area contributed by atoms with Gasteiger partial charge >= 0.3 is 5.97 Å². The molecule has 6 aromatic rings. The van der Waals surface area contributed by atoms with Crippen LogP contribution in [0.4, 0.5) is 22.7 Å². The van der Waals surface area contributed by atoms with Gasteiger partial charge in [0.1, 0.15) is 24.4 Å². The van der Waals surface area contributed by atoms with Gasteiger partial charge in [-0.2, -0.15) is 0 Å². The molecule has 0 spiro atoms. The van der Waals surface area contributed by atoms with Crippen LogP contribution in [-0.2, 0) is 9.59 Å². The summed E-state index contributed by atoms with van der Waals surface area (Å²) in [6.45, 7) is 13.5. The molecule has 1 fully saturated rings. The summed E-state index contributed by atoms with van der Waals surface area (Å²) >= 11 is 17.4. The van der Waals surface area contributed by atoms with Gasteiger partial charge in [-0.1, -0.05) is 64.1 Å². The highest BCUT2D eigenvalue weighted by atomic mass is 33.1. The highest BCUT2D eigenvalue weighted by Gasteiger charge is 2.29. The molecule has 1 saturated heterocycles. The lowest BCUT2D eigenvalue weighted by Crippen LogP contribution is -2.50. The summed E-state index contributed by atoms with van der Waals surface area (Å²) in [5, 5.41) is 23.0. The van der Waals surface area contributed by atoms with E-state index in [4.69, 9.17) is 28.9 Å². The molecule has 11 rings (SSSR count).